The van der Waals surface area contributed by atoms with Crippen LogP contribution in [0.2, 0.25) is 0 Å². The van der Waals surface area contributed by atoms with Gasteiger partial charge in [-0.15, -0.1) is 0 Å². The van der Waals surface area contributed by atoms with Crippen molar-refractivity contribution < 1.29 is 4.42 Å². The Bertz CT molecular complexity index is 1040. The van der Waals surface area contributed by atoms with Crippen LogP contribution in [0.15, 0.2) is 68.9 Å². The highest BCUT2D eigenvalue weighted by Gasteiger charge is 2.14. The molecule has 3 aromatic rings. The smallest absolute Gasteiger partial charge is 0.200 e. The lowest BCUT2D eigenvalue weighted by molar-refractivity contribution is 0.659. The van der Waals surface area contributed by atoms with Crippen molar-refractivity contribution in [3.8, 4) is 0 Å². The van der Waals surface area contributed by atoms with E-state index in [1.54, 1.807) is 0 Å². The topological polar surface area (TPSA) is 30.2 Å². The molecule has 25 heavy (non-hydrogen) atoms. The van der Waals surface area contributed by atoms with Gasteiger partial charge in [0, 0.05) is 0 Å². The van der Waals surface area contributed by atoms with Crippen molar-refractivity contribution >= 4 is 21.9 Å². The Balaban J connectivity index is 2.33. The van der Waals surface area contributed by atoms with Gasteiger partial charge in [-0.3, -0.25) is 4.79 Å². The largest absolute Gasteiger partial charge is 0.456 e. The van der Waals surface area contributed by atoms with E-state index in [0.717, 1.165) is 23.8 Å². The maximum Gasteiger partial charge on any atom is 0.200 e. The fraction of sp³-hybridized carbons (Fsp3) is 0.261. The fourth-order valence-corrected chi connectivity index (χ4v) is 3.04. The maximum atomic E-state index is 13.1. The summed E-state index contributed by atoms with van der Waals surface area (Å²) in [6, 6.07) is 11.5. The summed E-state index contributed by atoms with van der Waals surface area (Å²) in [4.78, 5) is 13.1. The van der Waals surface area contributed by atoms with Crippen LogP contribution in [0.3, 0.4) is 0 Å². The minimum atomic E-state index is 0.0630. The molecule has 0 saturated heterocycles. The summed E-state index contributed by atoms with van der Waals surface area (Å²) in [6.45, 7) is 8.36. The van der Waals surface area contributed by atoms with Gasteiger partial charge in [0.25, 0.3) is 0 Å². The highest BCUT2D eigenvalue weighted by atomic mass is 16.3. The standard InChI is InChI=1S/C23H24O2/c1-15(2)9-11-17-12-14-21-22(18(17)13-10-16(3)4)23(24)19-7-5-6-8-20(19)25-21/h5-10,12,14H,11,13H2,1-4H3. The van der Waals surface area contributed by atoms with Gasteiger partial charge in [-0.1, -0.05) is 41.5 Å². The summed E-state index contributed by atoms with van der Waals surface area (Å²) in [5, 5.41) is 1.36. The van der Waals surface area contributed by atoms with E-state index in [1.807, 2.05) is 30.3 Å². The molecule has 2 heteroatoms. The monoisotopic (exact) mass is 332 g/mol. The molecule has 1 heterocycles. The molecule has 0 aliphatic rings. The molecule has 2 nitrogen and oxygen atoms in total. The van der Waals surface area contributed by atoms with Gasteiger partial charge in [-0.25, -0.2) is 0 Å². The van der Waals surface area contributed by atoms with Crippen molar-refractivity contribution in [1.82, 2.24) is 0 Å². The normalized spacial score (nSPS) is 10.9. The third kappa shape index (κ3) is 3.58. The second-order valence-corrected chi connectivity index (χ2v) is 6.97. The van der Waals surface area contributed by atoms with E-state index in [4.69, 9.17) is 4.42 Å². The first-order valence-corrected chi connectivity index (χ1v) is 8.70. The van der Waals surface area contributed by atoms with Crippen LogP contribution in [0.5, 0.6) is 0 Å². The third-order valence-electron chi connectivity index (χ3n) is 4.40. The molecule has 0 unspecified atom stereocenters. The molecule has 0 bridgehead atoms. The van der Waals surface area contributed by atoms with Gasteiger partial charge in [0.2, 0.25) is 5.43 Å². The highest BCUT2D eigenvalue weighted by Crippen LogP contribution is 2.26. The zero-order valence-corrected chi connectivity index (χ0v) is 15.3. The molecule has 0 radical (unpaired) electrons. The van der Waals surface area contributed by atoms with E-state index in [0.29, 0.717) is 16.6 Å². The SMILES string of the molecule is CC(C)=CCc1ccc2oc3ccccc3c(=O)c2c1CC=C(C)C. The fourth-order valence-electron chi connectivity index (χ4n) is 3.04. The van der Waals surface area contributed by atoms with Gasteiger partial charge in [-0.2, -0.15) is 0 Å². The van der Waals surface area contributed by atoms with Gasteiger partial charge < -0.3 is 4.42 Å². The lowest BCUT2D eigenvalue weighted by Gasteiger charge is -2.11. The molecule has 2 aromatic carbocycles. The van der Waals surface area contributed by atoms with E-state index >= 15 is 0 Å². The zero-order chi connectivity index (χ0) is 18.0. The van der Waals surface area contributed by atoms with Crippen LogP contribution in [0.4, 0.5) is 0 Å². The van der Waals surface area contributed by atoms with Crippen LogP contribution in [0.25, 0.3) is 21.9 Å². The number of hydrogen-bond acceptors (Lipinski definition) is 2. The Labute approximate surface area is 148 Å². The Morgan fingerprint density at radius 2 is 1.56 bits per heavy atom. The average Bonchev–Trinajstić information content (AvgIpc) is 2.58. The predicted molar refractivity (Wildman–Crippen MR) is 106 cm³/mol. The molecule has 0 saturated carbocycles. The highest BCUT2D eigenvalue weighted by molar-refractivity contribution is 5.92. The van der Waals surface area contributed by atoms with Gasteiger partial charge in [-0.05, 0) is 69.9 Å². The molecule has 1 aromatic heterocycles. The minimum absolute atomic E-state index is 0.0630. The van der Waals surface area contributed by atoms with Crippen molar-refractivity contribution in [2.75, 3.05) is 0 Å². The molecule has 0 amide bonds. The first-order valence-electron chi connectivity index (χ1n) is 8.70. The lowest BCUT2D eigenvalue weighted by Crippen LogP contribution is -2.07. The number of para-hydroxylation sites is 1. The predicted octanol–water partition coefficient (Wildman–Crippen LogP) is 5.96. The molecule has 0 N–H and O–H groups in total. The minimum Gasteiger partial charge on any atom is -0.456 e. The summed E-state index contributed by atoms with van der Waals surface area (Å²) < 4.78 is 6.02. The molecule has 0 aliphatic heterocycles. The maximum absolute atomic E-state index is 13.1. The van der Waals surface area contributed by atoms with Crippen molar-refractivity contribution in [1.29, 1.82) is 0 Å². The molecule has 0 fully saturated rings. The number of allylic oxidation sites excluding steroid dienone is 4. The van der Waals surface area contributed by atoms with Crippen LogP contribution in [0, 0.1) is 0 Å². The van der Waals surface area contributed by atoms with E-state index in [9.17, 15) is 4.79 Å². The quantitative estimate of drug-likeness (QED) is 0.435. The summed E-state index contributed by atoms with van der Waals surface area (Å²) in [6.07, 6.45) is 5.95. The summed E-state index contributed by atoms with van der Waals surface area (Å²) in [5.41, 5.74) is 6.17. The van der Waals surface area contributed by atoms with Crippen molar-refractivity contribution in [3.63, 3.8) is 0 Å². The number of rotatable bonds is 4. The molecule has 128 valence electrons. The lowest BCUT2D eigenvalue weighted by atomic mass is 9.95. The Kier molecular flexibility index (Phi) is 4.89. The summed E-state index contributed by atoms with van der Waals surface area (Å²) in [7, 11) is 0. The molecule has 0 aliphatic carbocycles. The van der Waals surface area contributed by atoms with E-state index in [1.165, 1.54) is 16.7 Å². The van der Waals surface area contributed by atoms with Crippen molar-refractivity contribution in [2.24, 2.45) is 0 Å². The van der Waals surface area contributed by atoms with Crippen LogP contribution < -0.4 is 5.43 Å². The number of benzene rings is 2. The first-order chi connectivity index (χ1) is 12.0. The van der Waals surface area contributed by atoms with Gasteiger partial charge in [0.15, 0.2) is 0 Å². The molecular formula is C23H24O2. The molecule has 0 spiro atoms. The molecule has 3 rings (SSSR count). The van der Waals surface area contributed by atoms with E-state index in [-0.39, 0.29) is 5.43 Å². The molecular weight excluding hydrogens is 308 g/mol. The number of hydrogen-bond donors (Lipinski definition) is 0. The van der Waals surface area contributed by atoms with Crippen LogP contribution in [0.1, 0.15) is 38.8 Å². The van der Waals surface area contributed by atoms with Gasteiger partial charge in [0.1, 0.15) is 11.2 Å². The third-order valence-corrected chi connectivity index (χ3v) is 4.40. The molecule has 0 atom stereocenters. The van der Waals surface area contributed by atoms with Gasteiger partial charge >= 0.3 is 0 Å². The van der Waals surface area contributed by atoms with Crippen LogP contribution >= 0.6 is 0 Å². The number of fused-ring (bicyclic) bond motifs is 2. The van der Waals surface area contributed by atoms with Crippen LogP contribution in [-0.4, -0.2) is 0 Å². The van der Waals surface area contributed by atoms with Gasteiger partial charge in [0.05, 0.1) is 10.8 Å². The Morgan fingerprint density at radius 1 is 0.880 bits per heavy atom. The summed E-state index contributed by atoms with van der Waals surface area (Å²) in [5.74, 6) is 0. The zero-order valence-electron chi connectivity index (χ0n) is 15.3. The Morgan fingerprint density at radius 3 is 2.28 bits per heavy atom. The average molecular weight is 332 g/mol. The van der Waals surface area contributed by atoms with E-state index in [2.05, 4.69) is 45.9 Å². The van der Waals surface area contributed by atoms with Crippen molar-refractivity contribution in [3.05, 3.63) is 81.0 Å². The van der Waals surface area contributed by atoms with E-state index < -0.39 is 0 Å². The second-order valence-electron chi connectivity index (χ2n) is 6.97. The van der Waals surface area contributed by atoms with Crippen LogP contribution in [-0.2, 0) is 12.8 Å². The summed E-state index contributed by atoms with van der Waals surface area (Å²) >= 11 is 0. The first kappa shape index (κ1) is 17.2. The van der Waals surface area contributed by atoms with Crippen molar-refractivity contribution in [2.45, 2.75) is 40.5 Å². The second kappa shape index (κ2) is 7.10. The Hall–Kier alpha value is -2.61.